The number of nitrogens with zero attached hydrogens (tertiary/aromatic N) is 2. The van der Waals surface area contributed by atoms with Crippen LogP contribution < -0.4 is 10.2 Å². The Labute approximate surface area is 184 Å². The summed E-state index contributed by atoms with van der Waals surface area (Å²) in [4.78, 5) is 21.6. The fourth-order valence-electron chi connectivity index (χ4n) is 4.14. The molecule has 5 heteroatoms. The van der Waals surface area contributed by atoms with Crippen LogP contribution in [0.5, 0.6) is 5.75 Å². The number of nitrogens with one attached hydrogen (secondary N) is 1. The minimum Gasteiger partial charge on any atom is -0.493 e. The van der Waals surface area contributed by atoms with Crippen LogP contribution in [0.4, 0.5) is 0 Å². The molecular formula is C26H33N3O2. The van der Waals surface area contributed by atoms with Crippen molar-refractivity contribution in [2.24, 2.45) is 5.92 Å². The number of pyridine rings is 1. The maximum atomic E-state index is 13.3. The summed E-state index contributed by atoms with van der Waals surface area (Å²) in [5.41, 5.74) is 4.17. The monoisotopic (exact) mass is 419 g/mol. The van der Waals surface area contributed by atoms with Crippen molar-refractivity contribution in [3.05, 3.63) is 75.6 Å². The molecule has 1 N–H and O–H groups in total. The van der Waals surface area contributed by atoms with Gasteiger partial charge >= 0.3 is 0 Å². The molecule has 164 valence electrons. The zero-order chi connectivity index (χ0) is 21.8. The first kappa shape index (κ1) is 21.6. The minimum absolute atomic E-state index is 0.118. The highest BCUT2D eigenvalue weighted by molar-refractivity contribution is 5.81. The van der Waals surface area contributed by atoms with Gasteiger partial charge in [-0.25, -0.2) is 0 Å². The topological polar surface area (TPSA) is 48.6 Å². The number of hydrogen-bond acceptors (Lipinski definition) is 4. The van der Waals surface area contributed by atoms with Crippen LogP contribution >= 0.6 is 0 Å². The lowest BCUT2D eigenvalue weighted by atomic mass is 10.1. The molecule has 0 aliphatic carbocycles. The molecule has 0 bridgehead atoms. The van der Waals surface area contributed by atoms with Gasteiger partial charge in [0.05, 0.1) is 6.61 Å². The zero-order valence-electron chi connectivity index (χ0n) is 18.9. The van der Waals surface area contributed by atoms with Gasteiger partial charge in [0.25, 0.3) is 0 Å². The molecule has 0 unspecified atom stereocenters. The first-order chi connectivity index (χ1) is 15.0. The van der Waals surface area contributed by atoms with Gasteiger partial charge in [0.1, 0.15) is 5.75 Å². The second-order valence-electron chi connectivity index (χ2n) is 9.01. The number of aromatic nitrogens is 1. The van der Waals surface area contributed by atoms with E-state index < -0.39 is 0 Å². The van der Waals surface area contributed by atoms with Crippen molar-refractivity contribution in [1.29, 1.82) is 0 Å². The van der Waals surface area contributed by atoms with Gasteiger partial charge in [0.15, 0.2) is 5.43 Å². The van der Waals surface area contributed by atoms with Crippen LogP contribution in [-0.4, -0.2) is 47.6 Å². The quantitative estimate of drug-likeness (QED) is 0.624. The normalized spacial score (nSPS) is 15.6. The molecule has 2 aromatic carbocycles. The number of hydrogen-bond donors (Lipinski definition) is 1. The molecule has 1 aliphatic heterocycles. The van der Waals surface area contributed by atoms with Crippen LogP contribution in [0.3, 0.4) is 0 Å². The van der Waals surface area contributed by atoms with E-state index in [9.17, 15) is 4.79 Å². The number of benzene rings is 2. The molecule has 0 radical (unpaired) electrons. The van der Waals surface area contributed by atoms with Crippen LogP contribution in [-0.2, 0) is 13.1 Å². The molecule has 5 nitrogen and oxygen atoms in total. The second-order valence-corrected chi connectivity index (χ2v) is 9.01. The van der Waals surface area contributed by atoms with Crippen LogP contribution in [0, 0.1) is 12.8 Å². The van der Waals surface area contributed by atoms with Crippen molar-refractivity contribution in [2.75, 3.05) is 32.8 Å². The first-order valence-corrected chi connectivity index (χ1v) is 11.3. The molecule has 1 saturated heterocycles. The predicted octanol–water partition coefficient (Wildman–Crippen LogP) is 4.19. The second kappa shape index (κ2) is 9.67. The first-order valence-electron chi connectivity index (χ1n) is 11.3. The van der Waals surface area contributed by atoms with Gasteiger partial charge in [-0.15, -0.1) is 0 Å². The molecule has 31 heavy (non-hydrogen) atoms. The fraction of sp³-hybridized carbons (Fsp3) is 0.423. The Morgan fingerprint density at radius 3 is 2.32 bits per heavy atom. The van der Waals surface area contributed by atoms with E-state index in [0.29, 0.717) is 24.5 Å². The SMILES string of the molecule is Cc1[nH]c2ccc(OCC(C)C)cc2c(=O)c1CN1CCN(Cc2ccccc2)CC1. The van der Waals surface area contributed by atoms with Gasteiger partial charge in [-0.3, -0.25) is 14.6 Å². The lowest BCUT2D eigenvalue weighted by molar-refractivity contribution is 0.121. The van der Waals surface area contributed by atoms with Gasteiger partial charge < -0.3 is 9.72 Å². The lowest BCUT2D eigenvalue weighted by Crippen LogP contribution is -2.46. The molecule has 2 heterocycles. The number of H-pyrrole nitrogens is 1. The largest absolute Gasteiger partial charge is 0.493 e. The number of piperazine rings is 1. The fourth-order valence-corrected chi connectivity index (χ4v) is 4.14. The third kappa shape index (κ3) is 5.35. The standard InChI is InChI=1S/C26H33N3O2/c1-19(2)18-31-22-9-10-25-23(15-22)26(30)24(20(3)27-25)17-29-13-11-28(12-14-29)16-21-7-5-4-6-8-21/h4-10,15,19H,11-14,16-18H2,1-3H3,(H,27,30). The molecule has 3 aromatic rings. The van der Waals surface area contributed by atoms with E-state index in [1.807, 2.05) is 25.1 Å². The summed E-state index contributed by atoms with van der Waals surface area (Å²) in [6.45, 7) is 12.6. The van der Waals surface area contributed by atoms with Gasteiger partial charge in [-0.1, -0.05) is 44.2 Å². The van der Waals surface area contributed by atoms with Crippen LogP contribution in [0.25, 0.3) is 10.9 Å². The third-order valence-electron chi connectivity index (χ3n) is 5.96. The van der Waals surface area contributed by atoms with E-state index in [0.717, 1.165) is 55.2 Å². The van der Waals surface area contributed by atoms with E-state index in [2.05, 4.69) is 59.0 Å². The van der Waals surface area contributed by atoms with Gasteiger partial charge in [0, 0.05) is 61.4 Å². The zero-order valence-corrected chi connectivity index (χ0v) is 18.9. The van der Waals surface area contributed by atoms with Crippen molar-refractivity contribution in [3.63, 3.8) is 0 Å². The maximum Gasteiger partial charge on any atom is 0.194 e. The molecule has 0 saturated carbocycles. The van der Waals surface area contributed by atoms with E-state index in [1.54, 1.807) is 0 Å². The average molecular weight is 420 g/mol. The molecule has 4 rings (SSSR count). The Kier molecular flexibility index (Phi) is 6.73. The number of aromatic amines is 1. The molecule has 0 amide bonds. The molecule has 0 atom stereocenters. The Bertz CT molecular complexity index is 1070. The summed E-state index contributed by atoms with van der Waals surface area (Å²) in [6, 6.07) is 16.4. The highest BCUT2D eigenvalue weighted by Crippen LogP contribution is 2.20. The highest BCUT2D eigenvalue weighted by Gasteiger charge is 2.20. The predicted molar refractivity (Wildman–Crippen MR) is 127 cm³/mol. The number of fused-ring (bicyclic) bond motifs is 1. The molecule has 1 fully saturated rings. The minimum atomic E-state index is 0.118. The van der Waals surface area contributed by atoms with E-state index in [-0.39, 0.29) is 5.43 Å². The summed E-state index contributed by atoms with van der Waals surface area (Å²) >= 11 is 0. The van der Waals surface area contributed by atoms with Gasteiger partial charge in [0.2, 0.25) is 0 Å². The van der Waals surface area contributed by atoms with Crippen molar-refractivity contribution in [2.45, 2.75) is 33.9 Å². The summed E-state index contributed by atoms with van der Waals surface area (Å²) < 4.78 is 5.84. The number of ether oxygens (including phenoxy) is 1. The van der Waals surface area contributed by atoms with Crippen LogP contribution in [0.2, 0.25) is 0 Å². The van der Waals surface area contributed by atoms with E-state index >= 15 is 0 Å². The summed E-state index contributed by atoms with van der Waals surface area (Å²) in [5, 5.41) is 0.713. The Morgan fingerprint density at radius 1 is 0.968 bits per heavy atom. The van der Waals surface area contributed by atoms with Crippen molar-refractivity contribution in [3.8, 4) is 5.75 Å². The van der Waals surface area contributed by atoms with Gasteiger partial charge in [-0.05, 0) is 36.6 Å². The van der Waals surface area contributed by atoms with Crippen LogP contribution in [0.1, 0.15) is 30.7 Å². The average Bonchev–Trinajstić information content (AvgIpc) is 2.77. The number of aryl methyl sites for hydroxylation is 1. The summed E-state index contributed by atoms with van der Waals surface area (Å²) in [5.74, 6) is 1.21. The highest BCUT2D eigenvalue weighted by atomic mass is 16.5. The smallest absolute Gasteiger partial charge is 0.194 e. The van der Waals surface area contributed by atoms with E-state index in [1.165, 1.54) is 5.56 Å². The summed E-state index contributed by atoms with van der Waals surface area (Å²) in [6.07, 6.45) is 0. The van der Waals surface area contributed by atoms with Crippen molar-refractivity contribution >= 4 is 10.9 Å². The lowest BCUT2D eigenvalue weighted by Gasteiger charge is -2.34. The van der Waals surface area contributed by atoms with E-state index in [4.69, 9.17) is 4.74 Å². The summed E-state index contributed by atoms with van der Waals surface area (Å²) in [7, 11) is 0. The molecule has 1 aliphatic rings. The Balaban J connectivity index is 1.45. The molecule has 1 aromatic heterocycles. The maximum absolute atomic E-state index is 13.3. The molecular weight excluding hydrogens is 386 g/mol. The van der Waals surface area contributed by atoms with Crippen molar-refractivity contribution in [1.82, 2.24) is 14.8 Å². The van der Waals surface area contributed by atoms with Crippen LogP contribution in [0.15, 0.2) is 53.3 Å². The third-order valence-corrected chi connectivity index (χ3v) is 5.96. The number of rotatable bonds is 7. The Morgan fingerprint density at radius 2 is 1.65 bits per heavy atom. The molecule has 0 spiro atoms. The Hall–Kier alpha value is -2.63. The van der Waals surface area contributed by atoms with Crippen molar-refractivity contribution < 1.29 is 4.74 Å². The van der Waals surface area contributed by atoms with Gasteiger partial charge in [-0.2, -0.15) is 0 Å².